The van der Waals surface area contributed by atoms with Gasteiger partial charge in [-0.05, 0) is 48.0 Å². The molecule has 0 fully saturated rings. The van der Waals surface area contributed by atoms with Crippen LogP contribution in [0.25, 0.3) is 44.4 Å². The van der Waals surface area contributed by atoms with Crippen molar-refractivity contribution in [3.63, 3.8) is 0 Å². The molecule has 0 spiro atoms. The Morgan fingerprint density at radius 3 is 2.28 bits per heavy atom. The van der Waals surface area contributed by atoms with E-state index in [2.05, 4.69) is 27.1 Å². The molecule has 0 N–H and O–H groups in total. The molecule has 0 saturated heterocycles. The van der Waals surface area contributed by atoms with Gasteiger partial charge in [0.1, 0.15) is 5.82 Å². The van der Waals surface area contributed by atoms with Crippen molar-refractivity contribution in [2.75, 3.05) is 0 Å². The Bertz CT molecular complexity index is 1330. The second kappa shape index (κ2) is 7.24. The van der Waals surface area contributed by atoms with Crippen LogP contribution in [0.4, 0.5) is 4.39 Å². The Kier molecular flexibility index (Phi) is 4.30. The molecule has 0 amide bonds. The van der Waals surface area contributed by atoms with Gasteiger partial charge < -0.3 is 0 Å². The third-order valence-corrected chi connectivity index (χ3v) is 4.91. The zero-order valence-corrected chi connectivity index (χ0v) is 15.5. The number of nitrogens with zero attached hydrogens (tertiary/aromatic N) is 3. The van der Waals surface area contributed by atoms with Gasteiger partial charge in [0.05, 0.1) is 11.2 Å². The molecule has 0 unspecified atom stereocenters. The summed E-state index contributed by atoms with van der Waals surface area (Å²) in [6, 6.07) is 22.7. The lowest BCUT2D eigenvalue weighted by Crippen LogP contribution is -1.90. The standard InChI is InChI=1S/C25H16FN3/c26-23-7-3-2-6-22(23)25-13-17(9-10-28-25)19-12-20(15-27-14-19)21-11-18-5-1-4-8-24(18)29-16-21/h1-16H. The van der Waals surface area contributed by atoms with Gasteiger partial charge in [0.25, 0.3) is 0 Å². The van der Waals surface area contributed by atoms with E-state index in [0.29, 0.717) is 11.3 Å². The van der Waals surface area contributed by atoms with E-state index in [4.69, 9.17) is 0 Å². The Balaban J connectivity index is 1.56. The van der Waals surface area contributed by atoms with E-state index in [9.17, 15) is 4.39 Å². The normalized spacial score (nSPS) is 10.9. The number of fused-ring (bicyclic) bond motifs is 1. The van der Waals surface area contributed by atoms with Gasteiger partial charge in [-0.3, -0.25) is 15.0 Å². The first-order chi connectivity index (χ1) is 14.3. The molecular weight excluding hydrogens is 361 g/mol. The summed E-state index contributed by atoms with van der Waals surface area (Å²) in [6.45, 7) is 0. The fourth-order valence-corrected chi connectivity index (χ4v) is 3.41. The first-order valence-electron chi connectivity index (χ1n) is 9.29. The number of rotatable bonds is 3. The van der Waals surface area contributed by atoms with E-state index < -0.39 is 0 Å². The minimum Gasteiger partial charge on any atom is -0.263 e. The SMILES string of the molecule is Fc1ccccc1-c1cc(-c2cncc(-c3cnc4ccccc4c3)c2)ccn1. The fourth-order valence-electron chi connectivity index (χ4n) is 3.41. The first-order valence-corrected chi connectivity index (χ1v) is 9.29. The zero-order valence-electron chi connectivity index (χ0n) is 15.5. The molecule has 4 heteroatoms. The van der Waals surface area contributed by atoms with Crippen LogP contribution in [0.5, 0.6) is 0 Å². The summed E-state index contributed by atoms with van der Waals surface area (Å²) in [6.07, 6.45) is 7.19. The van der Waals surface area contributed by atoms with Gasteiger partial charge in [0, 0.05) is 52.4 Å². The van der Waals surface area contributed by atoms with Gasteiger partial charge >= 0.3 is 0 Å². The number of para-hydroxylation sites is 1. The largest absolute Gasteiger partial charge is 0.263 e. The monoisotopic (exact) mass is 377 g/mol. The first kappa shape index (κ1) is 17.2. The van der Waals surface area contributed by atoms with Crippen molar-refractivity contribution < 1.29 is 4.39 Å². The van der Waals surface area contributed by atoms with Gasteiger partial charge in [-0.25, -0.2) is 4.39 Å². The number of halogens is 1. The summed E-state index contributed by atoms with van der Waals surface area (Å²) < 4.78 is 14.2. The molecule has 5 aromatic rings. The van der Waals surface area contributed by atoms with Gasteiger partial charge in [-0.1, -0.05) is 30.3 Å². The smallest absolute Gasteiger partial charge is 0.132 e. The van der Waals surface area contributed by atoms with Crippen LogP contribution >= 0.6 is 0 Å². The number of pyridine rings is 3. The maximum atomic E-state index is 14.2. The van der Waals surface area contributed by atoms with Crippen molar-refractivity contribution in [3.05, 3.63) is 103 Å². The predicted octanol–water partition coefficient (Wildman–Crippen LogP) is 6.16. The fraction of sp³-hybridized carbons (Fsp3) is 0. The van der Waals surface area contributed by atoms with Crippen molar-refractivity contribution in [2.45, 2.75) is 0 Å². The minimum absolute atomic E-state index is 0.286. The van der Waals surface area contributed by atoms with Gasteiger partial charge in [0.2, 0.25) is 0 Å². The minimum atomic E-state index is -0.286. The van der Waals surface area contributed by atoms with Crippen molar-refractivity contribution in [1.29, 1.82) is 0 Å². The molecule has 0 aliphatic rings. The highest BCUT2D eigenvalue weighted by Crippen LogP contribution is 2.29. The Labute approximate surface area is 167 Å². The van der Waals surface area contributed by atoms with Gasteiger partial charge in [0.15, 0.2) is 0 Å². The summed E-state index contributed by atoms with van der Waals surface area (Å²) in [4.78, 5) is 13.3. The zero-order chi connectivity index (χ0) is 19.6. The van der Waals surface area contributed by atoms with E-state index in [1.165, 1.54) is 6.07 Å². The molecule has 0 saturated carbocycles. The van der Waals surface area contributed by atoms with Gasteiger partial charge in [-0.2, -0.15) is 0 Å². The van der Waals surface area contributed by atoms with Crippen LogP contribution in [0.1, 0.15) is 0 Å². The van der Waals surface area contributed by atoms with E-state index in [0.717, 1.165) is 33.2 Å². The van der Waals surface area contributed by atoms with Crippen molar-refractivity contribution in [2.24, 2.45) is 0 Å². The van der Waals surface area contributed by atoms with Crippen LogP contribution < -0.4 is 0 Å². The van der Waals surface area contributed by atoms with Crippen LogP contribution in [0.3, 0.4) is 0 Å². The summed E-state index contributed by atoms with van der Waals surface area (Å²) in [5, 5.41) is 1.08. The average Bonchev–Trinajstić information content (AvgIpc) is 2.79. The molecule has 0 atom stereocenters. The summed E-state index contributed by atoms with van der Waals surface area (Å²) in [5.41, 5.74) is 5.89. The third kappa shape index (κ3) is 3.36. The Morgan fingerprint density at radius 1 is 0.621 bits per heavy atom. The summed E-state index contributed by atoms with van der Waals surface area (Å²) in [5.74, 6) is -0.286. The highest BCUT2D eigenvalue weighted by atomic mass is 19.1. The molecule has 138 valence electrons. The number of hydrogen-bond donors (Lipinski definition) is 0. The Hall–Kier alpha value is -3.92. The van der Waals surface area contributed by atoms with E-state index in [-0.39, 0.29) is 5.82 Å². The average molecular weight is 377 g/mol. The lowest BCUT2D eigenvalue weighted by Gasteiger charge is -2.08. The predicted molar refractivity (Wildman–Crippen MR) is 114 cm³/mol. The van der Waals surface area contributed by atoms with E-state index in [1.54, 1.807) is 24.5 Å². The number of benzene rings is 2. The van der Waals surface area contributed by atoms with Crippen molar-refractivity contribution in [3.8, 4) is 33.5 Å². The third-order valence-electron chi connectivity index (χ3n) is 4.91. The number of hydrogen-bond acceptors (Lipinski definition) is 3. The second-order valence-corrected chi connectivity index (χ2v) is 6.79. The van der Waals surface area contributed by atoms with Gasteiger partial charge in [-0.15, -0.1) is 0 Å². The molecule has 3 aromatic heterocycles. The molecule has 0 radical (unpaired) electrons. The maximum Gasteiger partial charge on any atom is 0.132 e. The van der Waals surface area contributed by atoms with Crippen LogP contribution in [0.2, 0.25) is 0 Å². The van der Waals surface area contributed by atoms with Crippen molar-refractivity contribution in [1.82, 2.24) is 15.0 Å². The van der Waals surface area contributed by atoms with Crippen molar-refractivity contribution >= 4 is 10.9 Å². The molecule has 3 heterocycles. The highest BCUT2D eigenvalue weighted by Gasteiger charge is 2.09. The van der Waals surface area contributed by atoms with E-state index in [1.807, 2.05) is 54.9 Å². The van der Waals surface area contributed by atoms with Crippen LogP contribution in [0.15, 0.2) is 97.6 Å². The number of aromatic nitrogens is 3. The molecule has 0 bridgehead atoms. The molecule has 0 aliphatic heterocycles. The van der Waals surface area contributed by atoms with Crippen LogP contribution in [-0.4, -0.2) is 15.0 Å². The quantitative estimate of drug-likeness (QED) is 0.378. The molecule has 2 aromatic carbocycles. The summed E-state index contributed by atoms with van der Waals surface area (Å²) >= 11 is 0. The molecule has 5 rings (SSSR count). The Morgan fingerprint density at radius 2 is 1.38 bits per heavy atom. The van der Waals surface area contributed by atoms with Crippen LogP contribution in [0, 0.1) is 5.82 Å². The molecule has 29 heavy (non-hydrogen) atoms. The topological polar surface area (TPSA) is 38.7 Å². The summed E-state index contributed by atoms with van der Waals surface area (Å²) in [7, 11) is 0. The maximum absolute atomic E-state index is 14.2. The molecular formula is C25H16FN3. The lowest BCUT2D eigenvalue weighted by atomic mass is 10.0. The molecule has 0 aliphatic carbocycles. The highest BCUT2D eigenvalue weighted by molar-refractivity contribution is 5.84. The van der Waals surface area contributed by atoms with E-state index >= 15 is 0 Å². The second-order valence-electron chi connectivity index (χ2n) is 6.79. The molecule has 3 nitrogen and oxygen atoms in total. The lowest BCUT2D eigenvalue weighted by molar-refractivity contribution is 0.631. The van der Waals surface area contributed by atoms with Crippen LogP contribution in [-0.2, 0) is 0 Å².